The van der Waals surface area contributed by atoms with Crippen LogP contribution in [0.5, 0.6) is 5.75 Å². The number of ether oxygens (including phenoxy) is 2. The molecule has 3 aromatic rings. The van der Waals surface area contributed by atoms with Crippen molar-refractivity contribution in [3.8, 4) is 5.75 Å². The highest BCUT2D eigenvalue weighted by Crippen LogP contribution is 2.17. The Labute approximate surface area is 218 Å². The summed E-state index contributed by atoms with van der Waals surface area (Å²) in [6.07, 6.45) is 0. The number of amides is 2. The van der Waals surface area contributed by atoms with Gasteiger partial charge in [0.05, 0.1) is 26.9 Å². The third kappa shape index (κ3) is 7.68. The summed E-state index contributed by atoms with van der Waals surface area (Å²) in [5, 5.41) is 0. The SMILES string of the molecule is COc1cccc(C(=O)N(CCN2CCOCC2)CC(=O)N(Cc2ccccc2)Cc2ccc(C)o2)c1. The molecule has 8 heteroatoms. The zero-order valence-electron chi connectivity index (χ0n) is 21.6. The van der Waals surface area contributed by atoms with Crippen LogP contribution < -0.4 is 4.74 Å². The Balaban J connectivity index is 1.53. The van der Waals surface area contributed by atoms with Gasteiger partial charge in [0.1, 0.15) is 23.8 Å². The molecule has 4 rings (SSSR count). The molecule has 1 aliphatic rings. The Morgan fingerprint density at radius 3 is 2.43 bits per heavy atom. The molecule has 2 amide bonds. The van der Waals surface area contributed by atoms with Crippen molar-refractivity contribution in [3.63, 3.8) is 0 Å². The molecular formula is C29H35N3O5. The lowest BCUT2D eigenvalue weighted by Crippen LogP contribution is -2.47. The number of hydrogen-bond acceptors (Lipinski definition) is 6. The average molecular weight is 506 g/mol. The Morgan fingerprint density at radius 2 is 1.73 bits per heavy atom. The van der Waals surface area contributed by atoms with Crippen molar-refractivity contribution < 1.29 is 23.5 Å². The van der Waals surface area contributed by atoms with Crippen LogP contribution in [0.25, 0.3) is 0 Å². The molecule has 0 aliphatic carbocycles. The van der Waals surface area contributed by atoms with E-state index in [0.29, 0.717) is 56.5 Å². The molecule has 0 spiro atoms. The predicted octanol–water partition coefficient (Wildman–Crippen LogP) is 3.60. The van der Waals surface area contributed by atoms with Gasteiger partial charge in [-0.2, -0.15) is 0 Å². The number of aryl methyl sites for hydroxylation is 1. The quantitative estimate of drug-likeness (QED) is 0.397. The van der Waals surface area contributed by atoms with Gasteiger partial charge in [-0.1, -0.05) is 36.4 Å². The Morgan fingerprint density at radius 1 is 0.946 bits per heavy atom. The summed E-state index contributed by atoms with van der Waals surface area (Å²) in [5.74, 6) is 1.76. The maximum Gasteiger partial charge on any atom is 0.254 e. The van der Waals surface area contributed by atoms with E-state index in [4.69, 9.17) is 13.9 Å². The van der Waals surface area contributed by atoms with E-state index in [2.05, 4.69) is 4.90 Å². The molecular weight excluding hydrogens is 470 g/mol. The van der Waals surface area contributed by atoms with E-state index in [0.717, 1.165) is 24.4 Å². The van der Waals surface area contributed by atoms with Crippen molar-refractivity contribution in [1.29, 1.82) is 0 Å². The minimum Gasteiger partial charge on any atom is -0.497 e. The number of benzene rings is 2. The fourth-order valence-electron chi connectivity index (χ4n) is 4.34. The molecule has 0 bridgehead atoms. The molecule has 1 saturated heterocycles. The molecule has 196 valence electrons. The third-order valence-electron chi connectivity index (χ3n) is 6.43. The molecule has 1 aliphatic heterocycles. The van der Waals surface area contributed by atoms with E-state index in [1.54, 1.807) is 41.2 Å². The molecule has 0 saturated carbocycles. The Hall–Kier alpha value is -3.62. The van der Waals surface area contributed by atoms with Gasteiger partial charge < -0.3 is 23.7 Å². The van der Waals surface area contributed by atoms with Gasteiger partial charge in [-0.05, 0) is 42.8 Å². The first-order valence-electron chi connectivity index (χ1n) is 12.6. The van der Waals surface area contributed by atoms with Gasteiger partial charge in [0.2, 0.25) is 5.91 Å². The van der Waals surface area contributed by atoms with Crippen LogP contribution >= 0.6 is 0 Å². The topological polar surface area (TPSA) is 75.5 Å². The van der Waals surface area contributed by atoms with Gasteiger partial charge in [-0.3, -0.25) is 14.5 Å². The van der Waals surface area contributed by atoms with Crippen molar-refractivity contribution >= 4 is 11.8 Å². The van der Waals surface area contributed by atoms with Gasteiger partial charge in [-0.25, -0.2) is 0 Å². The molecule has 0 radical (unpaired) electrons. The van der Waals surface area contributed by atoms with Gasteiger partial charge in [0, 0.05) is 38.3 Å². The number of methoxy groups -OCH3 is 1. The summed E-state index contributed by atoms with van der Waals surface area (Å²) < 4.78 is 16.5. The summed E-state index contributed by atoms with van der Waals surface area (Å²) in [4.78, 5) is 33.0. The van der Waals surface area contributed by atoms with E-state index in [9.17, 15) is 9.59 Å². The summed E-state index contributed by atoms with van der Waals surface area (Å²) in [5.41, 5.74) is 1.50. The van der Waals surface area contributed by atoms with E-state index < -0.39 is 0 Å². The number of rotatable bonds is 11. The Kier molecular flexibility index (Phi) is 9.35. The molecule has 0 unspecified atom stereocenters. The average Bonchev–Trinajstić information content (AvgIpc) is 3.35. The molecule has 37 heavy (non-hydrogen) atoms. The second-order valence-corrected chi connectivity index (χ2v) is 9.16. The number of furan rings is 1. The van der Waals surface area contributed by atoms with E-state index in [-0.39, 0.29) is 18.4 Å². The van der Waals surface area contributed by atoms with Crippen molar-refractivity contribution in [2.45, 2.75) is 20.0 Å². The lowest BCUT2D eigenvalue weighted by Gasteiger charge is -2.31. The molecule has 2 aromatic carbocycles. The monoisotopic (exact) mass is 505 g/mol. The molecule has 1 aromatic heterocycles. The van der Waals surface area contributed by atoms with Crippen LogP contribution in [0.2, 0.25) is 0 Å². The van der Waals surface area contributed by atoms with E-state index in [1.807, 2.05) is 49.4 Å². The largest absolute Gasteiger partial charge is 0.497 e. The zero-order valence-corrected chi connectivity index (χ0v) is 21.6. The van der Waals surface area contributed by atoms with Crippen molar-refractivity contribution in [2.75, 3.05) is 53.0 Å². The number of hydrogen-bond donors (Lipinski definition) is 0. The highest BCUT2D eigenvalue weighted by molar-refractivity contribution is 5.96. The molecule has 2 heterocycles. The van der Waals surface area contributed by atoms with Gasteiger partial charge >= 0.3 is 0 Å². The van der Waals surface area contributed by atoms with Crippen LogP contribution in [0.4, 0.5) is 0 Å². The second-order valence-electron chi connectivity index (χ2n) is 9.16. The maximum atomic E-state index is 13.7. The lowest BCUT2D eigenvalue weighted by molar-refractivity contribution is -0.133. The van der Waals surface area contributed by atoms with Gasteiger partial charge in [0.25, 0.3) is 5.91 Å². The van der Waals surface area contributed by atoms with Crippen molar-refractivity contribution in [1.82, 2.24) is 14.7 Å². The number of nitrogens with zero attached hydrogens (tertiary/aromatic N) is 3. The van der Waals surface area contributed by atoms with Crippen molar-refractivity contribution in [2.24, 2.45) is 0 Å². The minimum absolute atomic E-state index is 0.0348. The van der Waals surface area contributed by atoms with Crippen LogP contribution in [0, 0.1) is 6.92 Å². The Bertz CT molecular complexity index is 1160. The van der Waals surface area contributed by atoms with Crippen LogP contribution in [0.1, 0.15) is 27.4 Å². The van der Waals surface area contributed by atoms with Crippen LogP contribution in [-0.2, 0) is 22.6 Å². The highest BCUT2D eigenvalue weighted by Gasteiger charge is 2.25. The molecule has 0 N–H and O–H groups in total. The summed E-state index contributed by atoms with van der Waals surface area (Å²) >= 11 is 0. The van der Waals surface area contributed by atoms with Crippen molar-refractivity contribution in [3.05, 3.63) is 89.4 Å². The first-order chi connectivity index (χ1) is 18.0. The van der Waals surface area contributed by atoms with Gasteiger partial charge in [-0.15, -0.1) is 0 Å². The first kappa shape index (κ1) is 26.4. The first-order valence-corrected chi connectivity index (χ1v) is 12.6. The summed E-state index contributed by atoms with van der Waals surface area (Å²) in [6, 6.07) is 20.7. The van der Waals surface area contributed by atoms with E-state index >= 15 is 0 Å². The molecule has 0 atom stereocenters. The molecule has 1 fully saturated rings. The minimum atomic E-state index is -0.200. The fourth-order valence-corrected chi connectivity index (χ4v) is 4.34. The second kappa shape index (κ2) is 13.1. The lowest BCUT2D eigenvalue weighted by atomic mass is 10.1. The van der Waals surface area contributed by atoms with E-state index in [1.165, 1.54) is 0 Å². The number of morpholine rings is 1. The highest BCUT2D eigenvalue weighted by atomic mass is 16.5. The normalized spacial score (nSPS) is 13.8. The number of carbonyl (C=O) groups excluding carboxylic acids is 2. The molecule has 8 nitrogen and oxygen atoms in total. The standard InChI is InChI=1S/C29H35N3O5/c1-23-11-12-27(37-23)21-32(20-24-7-4-3-5-8-24)28(33)22-31(14-13-30-15-17-36-18-16-30)29(34)25-9-6-10-26(19-25)35-2/h3-12,19H,13-18,20-22H2,1-2H3. The summed E-state index contributed by atoms with van der Waals surface area (Å²) in [6.45, 7) is 6.67. The van der Waals surface area contributed by atoms with Crippen LogP contribution in [-0.4, -0.2) is 79.6 Å². The summed E-state index contributed by atoms with van der Waals surface area (Å²) in [7, 11) is 1.57. The van der Waals surface area contributed by atoms with Gasteiger partial charge in [0.15, 0.2) is 0 Å². The maximum absolute atomic E-state index is 13.7. The predicted molar refractivity (Wildman–Crippen MR) is 140 cm³/mol. The fraction of sp³-hybridized carbons (Fsp3) is 0.379. The third-order valence-corrected chi connectivity index (χ3v) is 6.43. The number of carbonyl (C=O) groups is 2. The smallest absolute Gasteiger partial charge is 0.254 e. The zero-order chi connectivity index (χ0) is 26.0. The van der Waals surface area contributed by atoms with Crippen LogP contribution in [0.15, 0.2) is 71.1 Å². The van der Waals surface area contributed by atoms with Crippen LogP contribution in [0.3, 0.4) is 0 Å².